The molecule has 1 aliphatic carbocycles. The van der Waals surface area contributed by atoms with Crippen LogP contribution in [0.4, 0.5) is 5.69 Å². The molecule has 0 aliphatic heterocycles. The maximum atomic E-state index is 12.5. The van der Waals surface area contributed by atoms with Crippen molar-refractivity contribution in [2.45, 2.75) is 44.6 Å². The number of carbonyl (C=O) groups is 1. The second kappa shape index (κ2) is 8.69. The zero-order valence-corrected chi connectivity index (χ0v) is 15.8. The molecule has 6 nitrogen and oxygen atoms in total. The summed E-state index contributed by atoms with van der Waals surface area (Å²) < 4.78 is 7.70. The monoisotopic (exact) mass is 376 g/mol. The lowest BCUT2D eigenvalue weighted by Gasteiger charge is -2.14. The Kier molecular flexibility index (Phi) is 5.66. The van der Waals surface area contributed by atoms with Crippen LogP contribution in [-0.2, 0) is 11.2 Å². The first-order chi connectivity index (χ1) is 13.8. The van der Waals surface area contributed by atoms with Crippen LogP contribution < -0.4 is 10.1 Å². The highest BCUT2D eigenvalue weighted by atomic mass is 16.5. The standard InChI is InChI=1S/C22H24N4O2/c27-21(25-20-10-4-13-23-22(20)26-15-5-14-24-26)12-11-17-6-3-9-19(16-17)28-18-7-1-2-8-18/h3-6,9-10,13-16,18H,1-2,7-8,11-12H2,(H,25,27). The van der Waals surface area contributed by atoms with Gasteiger partial charge in [-0.05, 0) is 68.0 Å². The van der Waals surface area contributed by atoms with Crippen LogP contribution in [0.15, 0.2) is 61.1 Å². The molecule has 2 aromatic heterocycles. The number of aromatic nitrogens is 3. The van der Waals surface area contributed by atoms with Crippen molar-refractivity contribution in [2.24, 2.45) is 0 Å². The molecule has 4 rings (SSSR count). The normalized spacial score (nSPS) is 14.1. The quantitative estimate of drug-likeness (QED) is 0.672. The summed E-state index contributed by atoms with van der Waals surface area (Å²) in [6.45, 7) is 0. The predicted octanol–water partition coefficient (Wildman–Crippen LogP) is 4.16. The Bertz CT molecular complexity index is 918. The lowest BCUT2D eigenvalue weighted by Crippen LogP contribution is -2.15. The fraction of sp³-hybridized carbons (Fsp3) is 0.318. The predicted molar refractivity (Wildman–Crippen MR) is 108 cm³/mol. The van der Waals surface area contributed by atoms with Crippen molar-refractivity contribution in [1.82, 2.24) is 14.8 Å². The number of nitrogens with zero attached hydrogens (tertiary/aromatic N) is 3. The van der Waals surface area contributed by atoms with Crippen LogP contribution in [0.1, 0.15) is 37.7 Å². The van der Waals surface area contributed by atoms with Gasteiger partial charge in [0.15, 0.2) is 5.82 Å². The highest BCUT2D eigenvalue weighted by molar-refractivity contribution is 5.92. The minimum Gasteiger partial charge on any atom is -0.490 e. The number of benzene rings is 1. The van der Waals surface area contributed by atoms with E-state index >= 15 is 0 Å². The zero-order chi connectivity index (χ0) is 19.2. The Morgan fingerprint density at radius 3 is 2.86 bits per heavy atom. The molecule has 2 heterocycles. The van der Waals surface area contributed by atoms with Crippen molar-refractivity contribution in [3.63, 3.8) is 0 Å². The number of rotatable bonds is 7. The molecule has 144 valence electrons. The summed E-state index contributed by atoms with van der Waals surface area (Å²) in [5, 5.41) is 7.14. The van der Waals surface area contributed by atoms with Gasteiger partial charge in [0.1, 0.15) is 5.75 Å². The highest BCUT2D eigenvalue weighted by Crippen LogP contribution is 2.25. The molecule has 1 aliphatic rings. The Labute approximate surface area is 164 Å². The van der Waals surface area contributed by atoms with Gasteiger partial charge in [-0.15, -0.1) is 0 Å². The van der Waals surface area contributed by atoms with Crippen LogP contribution >= 0.6 is 0 Å². The maximum absolute atomic E-state index is 12.5. The van der Waals surface area contributed by atoms with E-state index in [9.17, 15) is 4.79 Å². The Morgan fingerprint density at radius 2 is 2.04 bits per heavy atom. The van der Waals surface area contributed by atoms with Gasteiger partial charge in [0.05, 0.1) is 11.8 Å². The lowest BCUT2D eigenvalue weighted by molar-refractivity contribution is -0.116. The van der Waals surface area contributed by atoms with Crippen LogP contribution in [-0.4, -0.2) is 26.8 Å². The fourth-order valence-corrected chi connectivity index (χ4v) is 3.51. The molecule has 1 aromatic carbocycles. The molecule has 1 saturated carbocycles. The summed E-state index contributed by atoms with van der Waals surface area (Å²) in [7, 11) is 0. The van der Waals surface area contributed by atoms with Crippen LogP contribution in [0.5, 0.6) is 5.75 Å². The SMILES string of the molecule is O=C(CCc1cccc(OC2CCCC2)c1)Nc1cccnc1-n1cccn1. The molecular weight excluding hydrogens is 352 g/mol. The van der Waals surface area contributed by atoms with E-state index in [2.05, 4.69) is 15.4 Å². The van der Waals surface area contributed by atoms with E-state index in [0.29, 0.717) is 30.5 Å². The Balaban J connectivity index is 1.35. The number of hydrogen-bond donors (Lipinski definition) is 1. The van der Waals surface area contributed by atoms with Crippen molar-refractivity contribution in [3.05, 3.63) is 66.6 Å². The van der Waals surface area contributed by atoms with Crippen LogP contribution in [0, 0.1) is 0 Å². The summed E-state index contributed by atoms with van der Waals surface area (Å²) in [6, 6.07) is 13.5. The molecule has 1 N–H and O–H groups in total. The van der Waals surface area contributed by atoms with E-state index in [1.807, 2.05) is 36.4 Å². The summed E-state index contributed by atoms with van der Waals surface area (Å²) >= 11 is 0. The molecule has 0 spiro atoms. The van der Waals surface area contributed by atoms with E-state index in [1.54, 1.807) is 29.3 Å². The van der Waals surface area contributed by atoms with Gasteiger partial charge in [-0.25, -0.2) is 9.67 Å². The number of carbonyl (C=O) groups excluding carboxylic acids is 1. The molecule has 28 heavy (non-hydrogen) atoms. The third-order valence-electron chi connectivity index (χ3n) is 4.93. The average Bonchev–Trinajstić information content (AvgIpc) is 3.41. The number of anilines is 1. The summed E-state index contributed by atoms with van der Waals surface area (Å²) in [4.78, 5) is 16.8. The number of ether oxygens (including phenoxy) is 1. The van der Waals surface area contributed by atoms with Gasteiger partial charge < -0.3 is 10.1 Å². The molecule has 1 amide bonds. The first-order valence-corrected chi connectivity index (χ1v) is 9.78. The third-order valence-corrected chi connectivity index (χ3v) is 4.93. The van der Waals surface area contributed by atoms with E-state index in [0.717, 1.165) is 24.2 Å². The molecule has 6 heteroatoms. The van der Waals surface area contributed by atoms with Gasteiger partial charge >= 0.3 is 0 Å². The minimum absolute atomic E-state index is 0.0523. The van der Waals surface area contributed by atoms with Gasteiger partial charge in [-0.2, -0.15) is 5.10 Å². The molecule has 0 atom stereocenters. The fourth-order valence-electron chi connectivity index (χ4n) is 3.51. The van der Waals surface area contributed by atoms with E-state index in [4.69, 9.17) is 4.74 Å². The van der Waals surface area contributed by atoms with Crippen LogP contribution in [0.3, 0.4) is 0 Å². The smallest absolute Gasteiger partial charge is 0.224 e. The summed E-state index contributed by atoms with van der Waals surface area (Å²) in [5.74, 6) is 1.45. The topological polar surface area (TPSA) is 69.0 Å². The molecule has 0 radical (unpaired) electrons. The van der Waals surface area contributed by atoms with Crippen molar-refractivity contribution >= 4 is 11.6 Å². The number of hydrogen-bond acceptors (Lipinski definition) is 4. The minimum atomic E-state index is -0.0523. The summed E-state index contributed by atoms with van der Waals surface area (Å²) in [5.41, 5.74) is 1.75. The van der Waals surface area contributed by atoms with Gasteiger partial charge in [0.2, 0.25) is 5.91 Å². The first-order valence-electron chi connectivity index (χ1n) is 9.78. The van der Waals surface area contributed by atoms with Gasteiger partial charge in [0.25, 0.3) is 0 Å². The average molecular weight is 376 g/mol. The van der Waals surface area contributed by atoms with Crippen molar-refractivity contribution in [1.29, 1.82) is 0 Å². The zero-order valence-electron chi connectivity index (χ0n) is 15.8. The van der Waals surface area contributed by atoms with E-state index in [1.165, 1.54) is 12.8 Å². The molecule has 0 unspecified atom stereocenters. The third kappa shape index (κ3) is 4.57. The molecule has 1 fully saturated rings. The van der Waals surface area contributed by atoms with E-state index < -0.39 is 0 Å². The number of amides is 1. The second-order valence-electron chi connectivity index (χ2n) is 7.05. The largest absolute Gasteiger partial charge is 0.490 e. The van der Waals surface area contributed by atoms with Crippen molar-refractivity contribution < 1.29 is 9.53 Å². The summed E-state index contributed by atoms with van der Waals surface area (Å²) in [6.07, 6.45) is 11.3. The second-order valence-corrected chi connectivity index (χ2v) is 7.05. The Hall–Kier alpha value is -3.15. The van der Waals surface area contributed by atoms with Crippen LogP contribution in [0.2, 0.25) is 0 Å². The van der Waals surface area contributed by atoms with Gasteiger partial charge in [-0.3, -0.25) is 4.79 Å². The van der Waals surface area contributed by atoms with Crippen LogP contribution in [0.25, 0.3) is 5.82 Å². The number of nitrogens with one attached hydrogen (secondary N) is 1. The van der Waals surface area contributed by atoms with Crippen molar-refractivity contribution in [3.8, 4) is 11.6 Å². The molecule has 0 bridgehead atoms. The molecule has 0 saturated heterocycles. The maximum Gasteiger partial charge on any atom is 0.224 e. The molecular formula is C22H24N4O2. The molecule has 3 aromatic rings. The van der Waals surface area contributed by atoms with Crippen molar-refractivity contribution in [2.75, 3.05) is 5.32 Å². The lowest BCUT2D eigenvalue weighted by atomic mass is 10.1. The number of pyridine rings is 1. The van der Waals surface area contributed by atoms with Gasteiger partial charge in [0, 0.05) is 25.0 Å². The number of aryl methyl sites for hydroxylation is 1. The first kappa shape index (κ1) is 18.2. The van der Waals surface area contributed by atoms with Gasteiger partial charge in [-0.1, -0.05) is 12.1 Å². The highest BCUT2D eigenvalue weighted by Gasteiger charge is 2.16. The Morgan fingerprint density at radius 1 is 1.14 bits per heavy atom. The van der Waals surface area contributed by atoms with E-state index in [-0.39, 0.29) is 5.91 Å².